The topological polar surface area (TPSA) is 78.5 Å². The summed E-state index contributed by atoms with van der Waals surface area (Å²) >= 11 is 0. The lowest BCUT2D eigenvalue weighted by Gasteiger charge is -2.31. The normalized spacial score (nSPS) is 19.8. The minimum absolute atomic E-state index is 0.0103. The Hall–Kier alpha value is -1.44. The third-order valence-corrected chi connectivity index (χ3v) is 6.41. The van der Waals surface area contributed by atoms with Crippen molar-refractivity contribution in [2.45, 2.75) is 30.2 Å². The summed E-state index contributed by atoms with van der Waals surface area (Å²) in [6.45, 7) is 2.27. The van der Waals surface area contributed by atoms with E-state index in [1.807, 2.05) is 0 Å². The fraction of sp³-hybridized carbons (Fsp3) is 0.533. The smallest absolute Gasteiger partial charge is 0.251 e. The third kappa shape index (κ3) is 2.76. The van der Waals surface area contributed by atoms with Crippen molar-refractivity contribution >= 4 is 15.9 Å². The van der Waals surface area contributed by atoms with E-state index < -0.39 is 10.0 Å². The number of rotatable bonds is 3. The second kappa shape index (κ2) is 5.98. The maximum Gasteiger partial charge on any atom is 0.251 e. The third-order valence-electron chi connectivity index (χ3n) is 4.51. The molecule has 1 fully saturated rings. The molecule has 0 aliphatic carbocycles. The first-order valence-electron chi connectivity index (χ1n) is 7.60. The lowest BCUT2D eigenvalue weighted by Crippen LogP contribution is -2.44. The highest BCUT2D eigenvalue weighted by Crippen LogP contribution is 2.24. The molecule has 120 valence electrons. The average molecular weight is 323 g/mol. The molecule has 22 heavy (non-hydrogen) atoms. The standard InChI is InChI=1S/C15H21N3O3S/c1-18(12-5-7-16-8-6-12)22(20,21)13-3-2-11-4-9-17-15(19)14(11)10-13/h2-3,10,12,16H,4-9H2,1H3,(H,17,19). The van der Waals surface area contributed by atoms with Crippen molar-refractivity contribution in [1.82, 2.24) is 14.9 Å². The highest BCUT2D eigenvalue weighted by Gasteiger charge is 2.30. The van der Waals surface area contributed by atoms with E-state index in [9.17, 15) is 13.2 Å². The number of hydrogen-bond acceptors (Lipinski definition) is 4. The number of sulfonamides is 1. The Kier molecular flexibility index (Phi) is 4.20. The van der Waals surface area contributed by atoms with Crippen LogP contribution in [0.4, 0.5) is 0 Å². The zero-order valence-electron chi connectivity index (χ0n) is 12.6. The highest BCUT2D eigenvalue weighted by atomic mass is 32.2. The van der Waals surface area contributed by atoms with Crippen LogP contribution >= 0.6 is 0 Å². The molecule has 0 saturated carbocycles. The fourth-order valence-electron chi connectivity index (χ4n) is 3.08. The largest absolute Gasteiger partial charge is 0.352 e. The van der Waals surface area contributed by atoms with Crippen LogP contribution < -0.4 is 10.6 Å². The van der Waals surface area contributed by atoms with Crippen LogP contribution in [0.2, 0.25) is 0 Å². The average Bonchev–Trinajstić information content (AvgIpc) is 2.55. The summed E-state index contributed by atoms with van der Waals surface area (Å²) in [6.07, 6.45) is 2.36. The van der Waals surface area contributed by atoms with Crippen LogP contribution in [0.3, 0.4) is 0 Å². The first-order valence-corrected chi connectivity index (χ1v) is 9.04. The molecule has 2 heterocycles. The van der Waals surface area contributed by atoms with Gasteiger partial charge in [0, 0.05) is 25.2 Å². The minimum Gasteiger partial charge on any atom is -0.352 e. The van der Waals surface area contributed by atoms with Crippen molar-refractivity contribution in [3.05, 3.63) is 29.3 Å². The summed E-state index contributed by atoms with van der Waals surface area (Å²) in [5.41, 5.74) is 1.39. The van der Waals surface area contributed by atoms with Gasteiger partial charge in [-0.15, -0.1) is 0 Å². The molecule has 2 aliphatic heterocycles. The van der Waals surface area contributed by atoms with Crippen LogP contribution in [0.1, 0.15) is 28.8 Å². The number of carbonyl (C=O) groups is 1. The van der Waals surface area contributed by atoms with E-state index in [-0.39, 0.29) is 16.8 Å². The van der Waals surface area contributed by atoms with Crippen molar-refractivity contribution in [2.75, 3.05) is 26.7 Å². The molecule has 1 amide bonds. The summed E-state index contributed by atoms with van der Waals surface area (Å²) in [4.78, 5) is 12.1. The molecule has 0 atom stereocenters. The van der Waals surface area contributed by atoms with E-state index in [0.717, 1.165) is 37.9 Å². The first-order chi connectivity index (χ1) is 10.5. The molecule has 3 rings (SSSR count). The molecule has 1 aromatic rings. The van der Waals surface area contributed by atoms with Crippen LogP contribution in [0.15, 0.2) is 23.1 Å². The number of benzene rings is 1. The highest BCUT2D eigenvalue weighted by molar-refractivity contribution is 7.89. The van der Waals surface area contributed by atoms with Crippen molar-refractivity contribution in [1.29, 1.82) is 0 Å². The summed E-state index contributed by atoms with van der Waals surface area (Å²) in [5.74, 6) is -0.192. The lowest BCUT2D eigenvalue weighted by molar-refractivity contribution is 0.0945. The Labute approximate surface area is 130 Å². The van der Waals surface area contributed by atoms with Crippen molar-refractivity contribution in [3.63, 3.8) is 0 Å². The number of nitrogens with one attached hydrogen (secondary N) is 2. The lowest BCUT2D eigenvalue weighted by atomic mass is 10.0. The van der Waals surface area contributed by atoms with Crippen LogP contribution in [0.5, 0.6) is 0 Å². The van der Waals surface area contributed by atoms with E-state index in [2.05, 4.69) is 10.6 Å². The van der Waals surface area contributed by atoms with Gasteiger partial charge >= 0.3 is 0 Å². The molecule has 0 radical (unpaired) electrons. The summed E-state index contributed by atoms with van der Waals surface area (Å²) in [5, 5.41) is 5.99. The van der Waals surface area contributed by atoms with Crippen molar-refractivity contribution in [2.24, 2.45) is 0 Å². The maximum absolute atomic E-state index is 12.8. The van der Waals surface area contributed by atoms with Gasteiger partial charge < -0.3 is 10.6 Å². The Morgan fingerprint density at radius 3 is 2.64 bits per heavy atom. The summed E-state index contributed by atoms with van der Waals surface area (Å²) < 4.78 is 27.1. The molecule has 1 aromatic carbocycles. The van der Waals surface area contributed by atoms with Gasteiger partial charge in [0.2, 0.25) is 10.0 Å². The first kappa shape index (κ1) is 15.5. The zero-order chi connectivity index (χ0) is 15.7. The fourth-order valence-corrected chi connectivity index (χ4v) is 4.53. The Balaban J connectivity index is 1.91. The molecule has 0 spiro atoms. The van der Waals surface area contributed by atoms with E-state index >= 15 is 0 Å². The van der Waals surface area contributed by atoms with Gasteiger partial charge in [0.25, 0.3) is 5.91 Å². The van der Waals surface area contributed by atoms with Crippen LogP contribution in [-0.4, -0.2) is 51.4 Å². The van der Waals surface area contributed by atoms with Gasteiger partial charge in [-0.1, -0.05) is 6.07 Å². The minimum atomic E-state index is -3.57. The van der Waals surface area contributed by atoms with E-state index in [4.69, 9.17) is 0 Å². The second-order valence-corrected chi connectivity index (χ2v) is 7.82. The van der Waals surface area contributed by atoms with E-state index in [1.165, 1.54) is 10.4 Å². The SMILES string of the molecule is CN(C1CCNCC1)S(=O)(=O)c1ccc2c(c1)C(=O)NCC2. The Morgan fingerprint density at radius 2 is 1.91 bits per heavy atom. The molecule has 2 aliphatic rings. The van der Waals surface area contributed by atoms with Crippen LogP contribution in [-0.2, 0) is 16.4 Å². The van der Waals surface area contributed by atoms with Gasteiger partial charge in [0.15, 0.2) is 0 Å². The van der Waals surface area contributed by atoms with Gasteiger partial charge in [-0.3, -0.25) is 4.79 Å². The quantitative estimate of drug-likeness (QED) is 0.841. The molecule has 1 saturated heterocycles. The van der Waals surface area contributed by atoms with Crippen molar-refractivity contribution < 1.29 is 13.2 Å². The molecule has 0 bridgehead atoms. The number of fused-ring (bicyclic) bond motifs is 1. The molecular formula is C15H21N3O3S. The Morgan fingerprint density at radius 1 is 1.18 bits per heavy atom. The summed E-state index contributed by atoms with van der Waals surface area (Å²) in [7, 11) is -1.94. The van der Waals surface area contributed by atoms with Crippen LogP contribution in [0, 0.1) is 0 Å². The van der Waals surface area contributed by atoms with Gasteiger partial charge in [0.05, 0.1) is 4.90 Å². The van der Waals surface area contributed by atoms with E-state index in [0.29, 0.717) is 12.1 Å². The maximum atomic E-state index is 12.8. The predicted molar refractivity (Wildman–Crippen MR) is 83.3 cm³/mol. The predicted octanol–water partition coefficient (Wildman–Crippen LogP) is 0.345. The van der Waals surface area contributed by atoms with Crippen LogP contribution in [0.25, 0.3) is 0 Å². The zero-order valence-corrected chi connectivity index (χ0v) is 13.4. The number of nitrogens with zero attached hydrogens (tertiary/aromatic N) is 1. The summed E-state index contributed by atoms with van der Waals surface area (Å²) in [6, 6.07) is 4.90. The molecule has 6 nitrogen and oxygen atoms in total. The second-order valence-electron chi connectivity index (χ2n) is 5.83. The van der Waals surface area contributed by atoms with Gasteiger partial charge in [0.1, 0.15) is 0 Å². The Bertz CT molecular complexity index is 681. The van der Waals surface area contributed by atoms with Gasteiger partial charge in [-0.05, 0) is 50.0 Å². The van der Waals surface area contributed by atoms with E-state index in [1.54, 1.807) is 19.2 Å². The number of amides is 1. The van der Waals surface area contributed by atoms with Gasteiger partial charge in [-0.25, -0.2) is 8.42 Å². The van der Waals surface area contributed by atoms with Crippen molar-refractivity contribution in [3.8, 4) is 0 Å². The number of hydrogen-bond donors (Lipinski definition) is 2. The molecular weight excluding hydrogens is 302 g/mol. The number of carbonyl (C=O) groups excluding carboxylic acids is 1. The molecule has 2 N–H and O–H groups in total. The van der Waals surface area contributed by atoms with Gasteiger partial charge in [-0.2, -0.15) is 4.31 Å². The monoisotopic (exact) mass is 323 g/mol. The molecule has 7 heteroatoms. The molecule has 0 unspecified atom stereocenters. The molecule has 0 aromatic heterocycles. The number of piperidine rings is 1.